The van der Waals surface area contributed by atoms with Gasteiger partial charge in [-0.3, -0.25) is 0 Å². The molecule has 2 nitrogen and oxygen atoms in total. The van der Waals surface area contributed by atoms with Crippen LogP contribution in [0.3, 0.4) is 0 Å². The minimum absolute atomic E-state index is 0. The summed E-state index contributed by atoms with van der Waals surface area (Å²) in [7, 11) is 1.25. The van der Waals surface area contributed by atoms with Crippen molar-refractivity contribution in [2.75, 3.05) is 7.05 Å². The van der Waals surface area contributed by atoms with Gasteiger partial charge in [0, 0.05) is 0 Å². The van der Waals surface area contributed by atoms with E-state index in [1.54, 1.807) is 0 Å². The van der Waals surface area contributed by atoms with Crippen LogP contribution >= 0.6 is 0 Å². The Morgan fingerprint density at radius 1 is 1.25 bits per heavy atom. The Balaban J connectivity index is -0.00000000500. The van der Waals surface area contributed by atoms with Crippen molar-refractivity contribution in [3.8, 4) is 0 Å². The summed E-state index contributed by atoms with van der Waals surface area (Å²) in [4.78, 5) is 0. The Morgan fingerprint density at radius 3 is 1.25 bits per heavy atom. The van der Waals surface area contributed by atoms with Gasteiger partial charge in [-0.2, -0.15) is 7.05 Å². The molecule has 0 unspecified atom stereocenters. The third-order valence-corrected chi connectivity index (χ3v) is 0. The molecule has 0 rings (SSSR count). The van der Waals surface area contributed by atoms with E-state index in [2.05, 4.69) is 0 Å². The van der Waals surface area contributed by atoms with Gasteiger partial charge in [0.2, 0.25) is 0 Å². The predicted octanol–water partition coefficient (Wildman–Crippen LogP) is 1.38. The Bertz CT molecular complexity index is 6.00. The first-order chi connectivity index (χ1) is 1.00. The van der Waals surface area contributed by atoms with Crippen molar-refractivity contribution >= 4 is 0 Å². The summed E-state index contributed by atoms with van der Waals surface area (Å²) in [6.07, 6.45) is 0. The van der Waals surface area contributed by atoms with Crippen molar-refractivity contribution in [1.29, 1.82) is 0 Å². The number of nitrogens with one attached hydrogen (secondary N) is 1. The Labute approximate surface area is 40.6 Å². The van der Waals surface area contributed by atoms with Gasteiger partial charge in [-0.15, -0.1) is 0 Å². The van der Waals surface area contributed by atoms with Crippen molar-refractivity contribution in [2.24, 2.45) is 0 Å². The molecule has 0 aliphatic heterocycles. The van der Waals surface area contributed by atoms with E-state index in [1.807, 2.05) is 0 Å². The quantitative estimate of drug-likeness (QED) is 0.603. The summed E-state index contributed by atoms with van der Waals surface area (Å²) in [5, 5.41) is 0. The van der Waals surface area contributed by atoms with E-state index >= 15 is 0 Å². The first-order valence-corrected chi connectivity index (χ1v) is 0.500. The third-order valence-electron chi connectivity index (χ3n) is 0. The fourth-order valence-electron chi connectivity index (χ4n) is 0. The van der Waals surface area contributed by atoms with Crippen LogP contribution in [0.1, 0.15) is 0 Å². The molecule has 4 heavy (non-hydrogen) atoms. The number of hydrogen-bond donors (Lipinski definition) is 0. The second-order valence-corrected chi connectivity index (χ2v) is 0. The summed E-state index contributed by atoms with van der Waals surface area (Å²) in [6.45, 7) is 0. The topological polar surface area (TPSA) is 57.3 Å². The van der Waals surface area contributed by atoms with Gasteiger partial charge in [-0.1, -0.05) is 0 Å². The molecule has 0 saturated carbocycles. The maximum atomic E-state index is 5.75. The van der Waals surface area contributed by atoms with Gasteiger partial charge in [0.1, 0.15) is 0 Å². The largest absolute Gasteiger partial charge is 2.00 e. The zero-order valence-electron chi connectivity index (χ0n) is 2.49. The maximum absolute atomic E-state index is 5.75. The van der Waals surface area contributed by atoms with Gasteiger partial charge in [0.15, 0.2) is 0 Å². The molecule has 0 aromatic rings. The van der Waals surface area contributed by atoms with Crippen LogP contribution in [-0.2, 0) is 21.1 Å². The normalized spacial score (nSPS) is 1.50. The first-order valence-electron chi connectivity index (χ1n) is 0.500. The molecule has 0 atom stereocenters. The molecule has 0 spiro atoms. The second-order valence-electron chi connectivity index (χ2n) is 0. The molecule has 26 valence electrons. The average Bonchev–Trinajstić information content (AvgIpc) is 1.00. The van der Waals surface area contributed by atoms with Crippen LogP contribution in [0.15, 0.2) is 0 Å². The molecule has 0 fully saturated rings. The Morgan fingerprint density at radius 2 is 1.25 bits per heavy atom. The van der Waals surface area contributed by atoms with Crippen LogP contribution < -0.4 is 0 Å². The second kappa shape index (κ2) is 66.3. The molecule has 0 heterocycles. The minimum atomic E-state index is 0. The van der Waals surface area contributed by atoms with Crippen LogP contribution in [0, 0.1) is 0 Å². The smallest absolute Gasteiger partial charge is 0.693 e. The van der Waals surface area contributed by atoms with Crippen molar-refractivity contribution in [2.45, 2.75) is 0 Å². The van der Waals surface area contributed by atoms with Crippen LogP contribution in [0.4, 0.5) is 0 Å². The molecule has 0 aromatic heterocycles. The van der Waals surface area contributed by atoms with E-state index in [9.17, 15) is 0 Å². The summed E-state index contributed by atoms with van der Waals surface area (Å²) >= 11 is 0. The van der Waals surface area contributed by atoms with E-state index in [0.717, 1.165) is 0 Å². The molecule has 3 N–H and O–H groups in total. The molecular formula is CH6N2W. The summed E-state index contributed by atoms with van der Waals surface area (Å²) in [6, 6.07) is 0. The van der Waals surface area contributed by atoms with E-state index in [0.29, 0.717) is 0 Å². The van der Waals surface area contributed by atoms with Gasteiger partial charge in [0.05, 0.1) is 0 Å². The molecular weight excluding hydrogens is 224 g/mol. The molecule has 0 aliphatic carbocycles. The average molecular weight is 230 g/mol. The third kappa shape index (κ3) is 18.2. The van der Waals surface area contributed by atoms with Gasteiger partial charge in [-0.25, -0.2) is 0 Å². The van der Waals surface area contributed by atoms with Crippen LogP contribution in [0.25, 0.3) is 11.9 Å². The van der Waals surface area contributed by atoms with Gasteiger partial charge in [-0.05, 0) is 0 Å². The van der Waals surface area contributed by atoms with Crippen LogP contribution in [0.2, 0.25) is 0 Å². The van der Waals surface area contributed by atoms with Crippen LogP contribution in [-0.4, -0.2) is 7.05 Å². The van der Waals surface area contributed by atoms with E-state index < -0.39 is 0 Å². The van der Waals surface area contributed by atoms with Gasteiger partial charge < -0.3 is 11.9 Å². The molecule has 0 saturated heterocycles. The Kier molecular flexibility index (Phi) is 385. The first kappa shape index (κ1) is 23.2. The molecule has 0 radical (unpaired) electrons. The van der Waals surface area contributed by atoms with Crippen molar-refractivity contribution in [3.05, 3.63) is 11.9 Å². The van der Waals surface area contributed by atoms with Crippen molar-refractivity contribution < 1.29 is 21.1 Å². The molecule has 0 aliphatic rings. The van der Waals surface area contributed by atoms with Gasteiger partial charge in [0.25, 0.3) is 0 Å². The van der Waals surface area contributed by atoms with Gasteiger partial charge >= 0.3 is 21.1 Å². The summed E-state index contributed by atoms with van der Waals surface area (Å²) in [5.74, 6) is 0. The predicted molar refractivity (Wildman–Crippen MR) is 15.5 cm³/mol. The van der Waals surface area contributed by atoms with E-state index in [1.165, 1.54) is 7.05 Å². The fourth-order valence-corrected chi connectivity index (χ4v) is 0. The number of nitrogens with two attached hydrogens (primary N) is 1. The molecule has 0 bridgehead atoms. The minimum Gasteiger partial charge on any atom is -0.693 e. The van der Waals surface area contributed by atoms with Crippen LogP contribution in [0.5, 0.6) is 0 Å². The zero-order valence-corrected chi connectivity index (χ0v) is 5.42. The zero-order chi connectivity index (χ0) is 2.00. The standard InChI is InChI=1S/CH4N.H2N.W/c1-2;;/h2H,1H3;1H2;/q2*-1;+2. The van der Waals surface area contributed by atoms with Crippen molar-refractivity contribution in [3.63, 3.8) is 0 Å². The molecule has 3 heteroatoms. The summed E-state index contributed by atoms with van der Waals surface area (Å²) < 4.78 is 0. The molecule has 0 aromatic carbocycles. The van der Waals surface area contributed by atoms with E-state index in [-0.39, 0.29) is 27.2 Å². The van der Waals surface area contributed by atoms with Crippen molar-refractivity contribution in [1.82, 2.24) is 0 Å². The Hall–Kier alpha value is 0.608. The number of hydrogen-bond acceptors (Lipinski definition) is 0. The number of rotatable bonds is 0. The maximum Gasteiger partial charge on any atom is 2.00 e. The monoisotopic (exact) mass is 230 g/mol. The fraction of sp³-hybridized carbons (Fsp3) is 1.00. The SMILES string of the molecule is C[NH-].[NH2-].[W+2]. The molecule has 0 amide bonds. The summed E-state index contributed by atoms with van der Waals surface area (Å²) in [5.41, 5.74) is 5.75. The van der Waals surface area contributed by atoms with E-state index in [4.69, 9.17) is 5.73 Å².